The van der Waals surface area contributed by atoms with Crippen LogP contribution in [0.3, 0.4) is 0 Å². The third kappa shape index (κ3) is 5.24. The molecule has 0 bridgehead atoms. The molecule has 1 aromatic heterocycles. The molecule has 6 nitrogen and oxygen atoms in total. The fourth-order valence-corrected chi connectivity index (χ4v) is 3.70. The third-order valence-corrected chi connectivity index (χ3v) is 5.38. The SMILES string of the molecule is CC(Oc1ccc(-c2nc(C(C)(C)C)cs2)cc1)C(=O)Nc1ccc(C(N)=O)cc1. The van der Waals surface area contributed by atoms with Crippen molar-refractivity contribution < 1.29 is 14.3 Å². The monoisotopic (exact) mass is 423 g/mol. The maximum atomic E-state index is 12.4. The first-order chi connectivity index (χ1) is 14.1. The summed E-state index contributed by atoms with van der Waals surface area (Å²) in [6.07, 6.45) is -0.695. The number of hydrogen-bond acceptors (Lipinski definition) is 5. The number of anilines is 1. The lowest BCUT2D eigenvalue weighted by Gasteiger charge is -2.15. The van der Waals surface area contributed by atoms with Crippen LogP contribution in [-0.2, 0) is 10.2 Å². The second kappa shape index (κ2) is 8.67. The summed E-state index contributed by atoms with van der Waals surface area (Å²) in [4.78, 5) is 28.2. The zero-order chi connectivity index (χ0) is 21.9. The van der Waals surface area contributed by atoms with E-state index in [1.54, 1.807) is 42.5 Å². The van der Waals surface area contributed by atoms with Gasteiger partial charge in [0.05, 0.1) is 5.69 Å². The fraction of sp³-hybridized carbons (Fsp3) is 0.261. The molecule has 7 heteroatoms. The summed E-state index contributed by atoms with van der Waals surface area (Å²) < 4.78 is 5.76. The number of nitrogens with zero attached hydrogens (tertiary/aromatic N) is 1. The largest absolute Gasteiger partial charge is 0.481 e. The van der Waals surface area contributed by atoms with E-state index in [0.717, 1.165) is 16.3 Å². The van der Waals surface area contributed by atoms with Gasteiger partial charge in [-0.25, -0.2) is 4.98 Å². The molecule has 1 unspecified atom stereocenters. The molecule has 0 aliphatic rings. The Morgan fingerprint density at radius 3 is 2.23 bits per heavy atom. The highest BCUT2D eigenvalue weighted by Gasteiger charge is 2.18. The molecule has 0 saturated heterocycles. The maximum Gasteiger partial charge on any atom is 0.265 e. The summed E-state index contributed by atoms with van der Waals surface area (Å²) in [6.45, 7) is 8.10. The minimum atomic E-state index is -0.695. The molecule has 0 spiro atoms. The number of rotatable bonds is 6. The molecular weight excluding hydrogens is 398 g/mol. The first-order valence-electron chi connectivity index (χ1n) is 9.57. The number of primary amides is 1. The van der Waals surface area contributed by atoms with E-state index in [1.165, 1.54) is 0 Å². The number of carbonyl (C=O) groups is 2. The Bertz CT molecular complexity index is 1030. The molecule has 3 N–H and O–H groups in total. The minimum absolute atomic E-state index is 0.0146. The van der Waals surface area contributed by atoms with Crippen molar-refractivity contribution in [1.29, 1.82) is 0 Å². The molecule has 0 radical (unpaired) electrons. The van der Waals surface area contributed by atoms with Crippen LogP contribution in [0.4, 0.5) is 5.69 Å². The molecule has 2 amide bonds. The van der Waals surface area contributed by atoms with Crippen molar-refractivity contribution in [3.8, 4) is 16.3 Å². The average Bonchev–Trinajstić information content (AvgIpc) is 3.19. The van der Waals surface area contributed by atoms with Crippen molar-refractivity contribution >= 4 is 28.8 Å². The van der Waals surface area contributed by atoms with Gasteiger partial charge in [0.25, 0.3) is 5.91 Å². The van der Waals surface area contributed by atoms with Crippen molar-refractivity contribution in [2.75, 3.05) is 5.32 Å². The summed E-state index contributed by atoms with van der Waals surface area (Å²) in [6, 6.07) is 13.9. The Morgan fingerprint density at radius 2 is 1.70 bits per heavy atom. The number of nitrogens with two attached hydrogens (primary N) is 1. The van der Waals surface area contributed by atoms with Gasteiger partial charge in [-0.2, -0.15) is 0 Å². The number of thiazole rings is 1. The van der Waals surface area contributed by atoms with E-state index in [4.69, 9.17) is 15.5 Å². The smallest absolute Gasteiger partial charge is 0.265 e. The third-order valence-electron chi connectivity index (χ3n) is 4.49. The minimum Gasteiger partial charge on any atom is -0.481 e. The number of benzene rings is 2. The van der Waals surface area contributed by atoms with Gasteiger partial charge in [-0.3, -0.25) is 9.59 Å². The van der Waals surface area contributed by atoms with E-state index in [-0.39, 0.29) is 11.3 Å². The van der Waals surface area contributed by atoms with E-state index in [9.17, 15) is 9.59 Å². The van der Waals surface area contributed by atoms with Gasteiger partial charge in [0.2, 0.25) is 5.91 Å². The van der Waals surface area contributed by atoms with Crippen LogP contribution < -0.4 is 15.8 Å². The fourth-order valence-electron chi connectivity index (χ4n) is 2.65. The predicted molar refractivity (Wildman–Crippen MR) is 120 cm³/mol. The number of nitrogens with one attached hydrogen (secondary N) is 1. The summed E-state index contributed by atoms with van der Waals surface area (Å²) in [5, 5.41) is 5.80. The standard InChI is InChI=1S/C23H25N3O3S/c1-14(21(28)25-17-9-5-15(6-10-17)20(24)27)29-18-11-7-16(8-12-18)22-26-19(13-30-22)23(2,3)4/h5-14H,1-4H3,(H2,24,27)(H,25,28). The Hall–Kier alpha value is -3.19. The lowest BCUT2D eigenvalue weighted by Crippen LogP contribution is -2.30. The first kappa shape index (κ1) is 21.5. The maximum absolute atomic E-state index is 12.4. The van der Waals surface area contributed by atoms with Gasteiger partial charge in [-0.15, -0.1) is 11.3 Å². The number of hydrogen-bond donors (Lipinski definition) is 2. The van der Waals surface area contributed by atoms with Gasteiger partial charge >= 0.3 is 0 Å². The molecule has 30 heavy (non-hydrogen) atoms. The molecule has 0 aliphatic carbocycles. The second-order valence-corrected chi connectivity index (χ2v) is 8.86. The van der Waals surface area contributed by atoms with Crippen LogP contribution in [0.15, 0.2) is 53.9 Å². The topological polar surface area (TPSA) is 94.3 Å². The molecule has 3 rings (SSSR count). The Kier molecular flexibility index (Phi) is 6.22. The molecule has 3 aromatic rings. The van der Waals surface area contributed by atoms with Crippen LogP contribution in [0.25, 0.3) is 10.6 Å². The normalized spacial score (nSPS) is 12.3. The van der Waals surface area contributed by atoms with Crippen molar-refractivity contribution in [3.63, 3.8) is 0 Å². The summed E-state index contributed by atoms with van der Waals surface area (Å²) >= 11 is 1.61. The molecule has 156 valence electrons. The molecule has 1 heterocycles. The van der Waals surface area contributed by atoms with E-state index in [0.29, 0.717) is 17.0 Å². The highest BCUT2D eigenvalue weighted by molar-refractivity contribution is 7.13. The summed E-state index contributed by atoms with van der Waals surface area (Å²) in [5.74, 6) is -0.209. The highest BCUT2D eigenvalue weighted by Crippen LogP contribution is 2.30. The highest BCUT2D eigenvalue weighted by atomic mass is 32.1. The van der Waals surface area contributed by atoms with Gasteiger partial charge in [0.1, 0.15) is 10.8 Å². The van der Waals surface area contributed by atoms with Crippen molar-refractivity contribution in [2.24, 2.45) is 5.73 Å². The van der Waals surface area contributed by atoms with Crippen LogP contribution in [0.5, 0.6) is 5.75 Å². The average molecular weight is 424 g/mol. The number of ether oxygens (including phenoxy) is 1. The molecule has 1 atom stereocenters. The van der Waals surface area contributed by atoms with Gasteiger partial charge in [0, 0.05) is 27.6 Å². The quantitative estimate of drug-likeness (QED) is 0.605. The van der Waals surface area contributed by atoms with E-state index in [2.05, 4.69) is 31.5 Å². The summed E-state index contributed by atoms with van der Waals surface area (Å²) in [5.41, 5.74) is 8.25. The van der Waals surface area contributed by atoms with Crippen molar-refractivity contribution in [3.05, 3.63) is 65.2 Å². The van der Waals surface area contributed by atoms with Crippen LogP contribution in [0.1, 0.15) is 43.7 Å². The lowest BCUT2D eigenvalue weighted by atomic mass is 9.93. The van der Waals surface area contributed by atoms with Gasteiger partial charge in [0.15, 0.2) is 6.10 Å². The first-order valence-corrected chi connectivity index (χ1v) is 10.5. The Balaban J connectivity index is 1.61. The number of amides is 2. The molecular formula is C23H25N3O3S. The number of carbonyl (C=O) groups excluding carboxylic acids is 2. The van der Waals surface area contributed by atoms with Gasteiger partial charge < -0.3 is 15.8 Å². The Morgan fingerprint density at radius 1 is 1.07 bits per heavy atom. The van der Waals surface area contributed by atoms with Gasteiger partial charge in [-0.05, 0) is 55.5 Å². The van der Waals surface area contributed by atoms with Crippen LogP contribution >= 0.6 is 11.3 Å². The van der Waals surface area contributed by atoms with E-state index >= 15 is 0 Å². The Labute approximate surface area is 180 Å². The molecule has 0 saturated carbocycles. The lowest BCUT2D eigenvalue weighted by molar-refractivity contribution is -0.122. The van der Waals surface area contributed by atoms with E-state index in [1.807, 2.05) is 24.3 Å². The molecule has 0 aliphatic heterocycles. The number of aromatic nitrogens is 1. The summed E-state index contributed by atoms with van der Waals surface area (Å²) in [7, 11) is 0. The van der Waals surface area contributed by atoms with Crippen LogP contribution in [-0.4, -0.2) is 22.9 Å². The van der Waals surface area contributed by atoms with Crippen LogP contribution in [0, 0.1) is 0 Å². The second-order valence-electron chi connectivity index (χ2n) is 8.00. The van der Waals surface area contributed by atoms with Crippen molar-refractivity contribution in [2.45, 2.75) is 39.2 Å². The van der Waals surface area contributed by atoms with E-state index < -0.39 is 12.0 Å². The zero-order valence-corrected chi connectivity index (χ0v) is 18.2. The molecule has 2 aromatic carbocycles. The van der Waals surface area contributed by atoms with Crippen LogP contribution in [0.2, 0.25) is 0 Å². The molecule has 0 fully saturated rings. The predicted octanol–water partition coefficient (Wildman–Crippen LogP) is 4.61. The zero-order valence-electron chi connectivity index (χ0n) is 17.4. The van der Waals surface area contributed by atoms with Gasteiger partial charge in [-0.1, -0.05) is 20.8 Å². The van der Waals surface area contributed by atoms with Crippen molar-refractivity contribution in [1.82, 2.24) is 4.98 Å².